The summed E-state index contributed by atoms with van der Waals surface area (Å²) in [5.41, 5.74) is 0. The van der Waals surface area contributed by atoms with E-state index in [1.165, 1.54) is 0 Å². The number of methoxy groups -OCH3 is 1. The monoisotopic (exact) mass is 293 g/mol. The largest absolute Gasteiger partial charge is 0.384 e. The van der Waals surface area contributed by atoms with Crippen LogP contribution in [-0.4, -0.2) is 43.2 Å². The molecule has 4 nitrogen and oxygen atoms in total. The lowest BCUT2D eigenvalue weighted by Crippen LogP contribution is -2.36. The minimum absolute atomic E-state index is 0.0152. The summed E-state index contributed by atoms with van der Waals surface area (Å²) in [5, 5.41) is 2.88. The normalized spacial score (nSPS) is 26.7. The van der Waals surface area contributed by atoms with Gasteiger partial charge in [-0.2, -0.15) is 0 Å². The van der Waals surface area contributed by atoms with Crippen molar-refractivity contribution in [3.63, 3.8) is 0 Å². The molecule has 0 aromatic heterocycles. The van der Waals surface area contributed by atoms with Gasteiger partial charge < -0.3 is 14.8 Å². The topological polar surface area (TPSA) is 47.6 Å². The average Bonchev–Trinajstić information content (AvgIpc) is 2.65. The molecule has 0 bridgehead atoms. The summed E-state index contributed by atoms with van der Waals surface area (Å²) in [6.07, 6.45) is 2.65. The first kappa shape index (κ1) is 13.9. The summed E-state index contributed by atoms with van der Waals surface area (Å²) >= 11 is 3.47. The Bertz CT molecular complexity index is 225. The van der Waals surface area contributed by atoms with Crippen molar-refractivity contribution in [1.82, 2.24) is 5.32 Å². The molecular formula is C11H20BrNO3. The molecule has 1 fully saturated rings. The van der Waals surface area contributed by atoms with E-state index in [0.717, 1.165) is 19.3 Å². The summed E-state index contributed by atoms with van der Waals surface area (Å²) in [4.78, 5) is 11.9. The fourth-order valence-corrected chi connectivity index (χ4v) is 2.22. The third-order valence-corrected chi connectivity index (χ3v) is 3.35. The Kier molecular flexibility index (Phi) is 6.31. The van der Waals surface area contributed by atoms with E-state index >= 15 is 0 Å². The molecule has 1 N–H and O–H groups in total. The van der Waals surface area contributed by atoms with Crippen LogP contribution in [0.15, 0.2) is 0 Å². The van der Waals surface area contributed by atoms with E-state index in [9.17, 15) is 4.79 Å². The maximum atomic E-state index is 11.6. The van der Waals surface area contributed by atoms with Crippen LogP contribution in [-0.2, 0) is 14.3 Å². The first-order valence-corrected chi connectivity index (χ1v) is 6.61. The second-order valence-corrected chi connectivity index (χ2v) is 5.44. The van der Waals surface area contributed by atoms with Gasteiger partial charge in [-0.05, 0) is 26.2 Å². The molecule has 3 atom stereocenters. The van der Waals surface area contributed by atoms with E-state index in [1.54, 1.807) is 7.11 Å². The Morgan fingerprint density at radius 3 is 2.94 bits per heavy atom. The highest BCUT2D eigenvalue weighted by Gasteiger charge is 2.27. The highest BCUT2D eigenvalue weighted by molar-refractivity contribution is 9.09. The van der Waals surface area contributed by atoms with Gasteiger partial charge >= 0.3 is 0 Å². The summed E-state index contributed by atoms with van der Waals surface area (Å²) in [6.45, 7) is 3.32. The van der Waals surface area contributed by atoms with Crippen molar-refractivity contribution in [2.24, 2.45) is 0 Å². The molecule has 5 heteroatoms. The molecular weight excluding hydrogens is 274 g/mol. The van der Waals surface area contributed by atoms with Gasteiger partial charge in [0.25, 0.3) is 0 Å². The van der Waals surface area contributed by atoms with Crippen LogP contribution in [0.25, 0.3) is 0 Å². The average molecular weight is 294 g/mol. The highest BCUT2D eigenvalue weighted by Crippen LogP contribution is 2.18. The predicted molar refractivity (Wildman–Crippen MR) is 65.8 cm³/mol. The summed E-state index contributed by atoms with van der Waals surface area (Å²) in [7, 11) is 1.67. The maximum Gasteiger partial charge on any atom is 0.249 e. The van der Waals surface area contributed by atoms with Gasteiger partial charge in [0, 0.05) is 18.5 Å². The van der Waals surface area contributed by atoms with E-state index in [0.29, 0.717) is 18.0 Å². The lowest BCUT2D eigenvalue weighted by Gasteiger charge is -2.13. The summed E-state index contributed by atoms with van der Waals surface area (Å²) in [6, 6.07) is 0. The van der Waals surface area contributed by atoms with Crippen molar-refractivity contribution in [2.45, 2.75) is 43.2 Å². The predicted octanol–water partition coefficient (Wildman–Crippen LogP) is 1.47. The van der Waals surface area contributed by atoms with E-state index in [1.807, 2.05) is 6.92 Å². The second-order valence-electron chi connectivity index (χ2n) is 4.15. The van der Waals surface area contributed by atoms with Crippen LogP contribution >= 0.6 is 15.9 Å². The van der Waals surface area contributed by atoms with Gasteiger partial charge in [-0.3, -0.25) is 4.79 Å². The Balaban J connectivity index is 2.11. The van der Waals surface area contributed by atoms with Crippen LogP contribution in [0, 0.1) is 0 Å². The van der Waals surface area contributed by atoms with E-state index in [-0.39, 0.29) is 18.1 Å². The van der Waals surface area contributed by atoms with E-state index in [4.69, 9.17) is 9.47 Å². The van der Waals surface area contributed by atoms with Crippen LogP contribution in [0.4, 0.5) is 0 Å². The molecule has 1 rings (SSSR count). The Hall–Kier alpha value is -0.130. The van der Waals surface area contributed by atoms with Gasteiger partial charge in [-0.25, -0.2) is 0 Å². The molecule has 0 saturated carbocycles. The lowest BCUT2D eigenvalue weighted by molar-refractivity contribution is -0.131. The first-order chi connectivity index (χ1) is 7.63. The Morgan fingerprint density at radius 1 is 1.62 bits per heavy atom. The number of ether oxygens (including phenoxy) is 2. The van der Waals surface area contributed by atoms with Gasteiger partial charge in [-0.15, -0.1) is 0 Å². The molecule has 1 saturated heterocycles. The molecule has 1 heterocycles. The minimum Gasteiger partial charge on any atom is -0.384 e. The number of rotatable bonds is 6. The zero-order valence-corrected chi connectivity index (χ0v) is 11.5. The lowest BCUT2D eigenvalue weighted by atomic mass is 10.2. The Labute approximate surface area is 105 Å². The van der Waals surface area contributed by atoms with Crippen LogP contribution in [0.1, 0.15) is 26.2 Å². The molecule has 0 aromatic carbocycles. The fraction of sp³-hybridized carbons (Fsp3) is 0.909. The number of halogens is 1. The molecule has 16 heavy (non-hydrogen) atoms. The molecule has 0 radical (unpaired) electrons. The number of amides is 1. The quantitative estimate of drug-likeness (QED) is 0.755. The summed E-state index contributed by atoms with van der Waals surface area (Å²) in [5.74, 6) is 0.0152. The number of nitrogens with one attached hydrogen (secondary N) is 1. The number of carbonyl (C=O) groups excluding carboxylic acids is 1. The molecule has 0 aromatic rings. The van der Waals surface area contributed by atoms with Gasteiger partial charge in [0.2, 0.25) is 5.91 Å². The second kappa shape index (κ2) is 7.25. The highest BCUT2D eigenvalue weighted by atomic mass is 79.9. The van der Waals surface area contributed by atoms with Crippen molar-refractivity contribution in [3.05, 3.63) is 0 Å². The SMILES string of the molecule is COCC(Br)CCNC(=O)C1CCC(C)O1. The summed E-state index contributed by atoms with van der Waals surface area (Å²) < 4.78 is 10.5. The van der Waals surface area contributed by atoms with Crippen molar-refractivity contribution in [3.8, 4) is 0 Å². The molecule has 1 aliphatic rings. The fourth-order valence-electron chi connectivity index (χ4n) is 1.73. The first-order valence-electron chi connectivity index (χ1n) is 5.69. The molecule has 1 aliphatic heterocycles. The zero-order chi connectivity index (χ0) is 12.0. The Morgan fingerprint density at radius 2 is 2.38 bits per heavy atom. The van der Waals surface area contributed by atoms with Gasteiger partial charge in [-0.1, -0.05) is 15.9 Å². The van der Waals surface area contributed by atoms with Crippen molar-refractivity contribution in [1.29, 1.82) is 0 Å². The number of hydrogen-bond acceptors (Lipinski definition) is 3. The molecule has 0 spiro atoms. The van der Waals surface area contributed by atoms with E-state index < -0.39 is 0 Å². The maximum absolute atomic E-state index is 11.6. The van der Waals surface area contributed by atoms with Gasteiger partial charge in [0.15, 0.2) is 0 Å². The molecule has 3 unspecified atom stereocenters. The van der Waals surface area contributed by atoms with Crippen LogP contribution in [0.2, 0.25) is 0 Å². The number of carbonyl (C=O) groups is 1. The van der Waals surface area contributed by atoms with Crippen LogP contribution < -0.4 is 5.32 Å². The number of hydrogen-bond donors (Lipinski definition) is 1. The van der Waals surface area contributed by atoms with Crippen molar-refractivity contribution in [2.75, 3.05) is 20.3 Å². The molecule has 1 amide bonds. The third-order valence-electron chi connectivity index (χ3n) is 2.63. The van der Waals surface area contributed by atoms with Crippen molar-refractivity contribution < 1.29 is 14.3 Å². The standard InChI is InChI=1S/C11H20BrNO3/c1-8-3-4-10(16-8)11(14)13-6-5-9(12)7-15-2/h8-10H,3-7H2,1-2H3,(H,13,14). The third kappa shape index (κ3) is 4.80. The molecule has 0 aliphatic carbocycles. The van der Waals surface area contributed by atoms with Gasteiger partial charge in [0.05, 0.1) is 12.7 Å². The van der Waals surface area contributed by atoms with Crippen LogP contribution in [0.5, 0.6) is 0 Å². The minimum atomic E-state index is -0.244. The van der Waals surface area contributed by atoms with Crippen molar-refractivity contribution >= 4 is 21.8 Å². The van der Waals surface area contributed by atoms with Gasteiger partial charge in [0.1, 0.15) is 6.10 Å². The zero-order valence-electron chi connectivity index (χ0n) is 9.87. The number of alkyl halides is 1. The smallest absolute Gasteiger partial charge is 0.249 e. The molecule has 94 valence electrons. The van der Waals surface area contributed by atoms with E-state index in [2.05, 4.69) is 21.2 Å². The van der Waals surface area contributed by atoms with Crippen LogP contribution in [0.3, 0.4) is 0 Å².